The summed E-state index contributed by atoms with van der Waals surface area (Å²) in [7, 11) is 0. The summed E-state index contributed by atoms with van der Waals surface area (Å²) < 4.78 is 16.0. The van der Waals surface area contributed by atoms with Gasteiger partial charge in [0, 0.05) is 6.54 Å². The molecule has 1 rings (SSSR count). The Bertz CT molecular complexity index is 231. The van der Waals surface area contributed by atoms with E-state index in [1.165, 1.54) is 0 Å². The lowest BCUT2D eigenvalue weighted by atomic mass is 10.2. The highest BCUT2D eigenvalue weighted by atomic mass is 16.8. The van der Waals surface area contributed by atoms with Gasteiger partial charge in [-0.2, -0.15) is 0 Å². The van der Waals surface area contributed by atoms with Gasteiger partial charge in [0.15, 0.2) is 5.79 Å². The first-order chi connectivity index (χ1) is 6.94. The number of carboxylic acids is 1. The number of hydrogen-bond donors (Lipinski definition) is 2. The van der Waals surface area contributed by atoms with Gasteiger partial charge >= 0.3 is 5.97 Å². The zero-order chi connectivity index (χ0) is 11.5. The maximum Gasteiger partial charge on any atom is 0.329 e. The third-order valence-electron chi connectivity index (χ3n) is 2.03. The Morgan fingerprint density at radius 3 is 2.60 bits per heavy atom. The van der Waals surface area contributed by atoms with Gasteiger partial charge in [0.05, 0.1) is 6.61 Å². The van der Waals surface area contributed by atoms with Crippen LogP contribution in [-0.4, -0.2) is 48.8 Å². The Labute approximate surface area is 88.3 Å². The molecule has 0 spiro atoms. The fraction of sp³-hybridized carbons (Fsp3) is 0.889. The first kappa shape index (κ1) is 12.4. The molecule has 1 fully saturated rings. The Kier molecular flexibility index (Phi) is 4.04. The monoisotopic (exact) mass is 219 g/mol. The quantitative estimate of drug-likeness (QED) is 0.651. The minimum Gasteiger partial charge on any atom is -0.480 e. The lowest BCUT2D eigenvalue weighted by Crippen LogP contribution is -2.34. The van der Waals surface area contributed by atoms with Crippen LogP contribution in [0.5, 0.6) is 0 Å². The van der Waals surface area contributed by atoms with E-state index in [4.69, 9.17) is 25.1 Å². The Hall–Kier alpha value is -0.690. The van der Waals surface area contributed by atoms with Crippen LogP contribution in [-0.2, 0) is 19.0 Å². The summed E-state index contributed by atoms with van der Waals surface area (Å²) in [6.45, 7) is 3.74. The molecule has 0 radical (unpaired) electrons. The van der Waals surface area contributed by atoms with E-state index in [-0.39, 0.29) is 25.4 Å². The fourth-order valence-corrected chi connectivity index (χ4v) is 1.51. The largest absolute Gasteiger partial charge is 0.480 e. The lowest BCUT2D eigenvalue weighted by molar-refractivity contribution is -0.153. The van der Waals surface area contributed by atoms with Crippen LogP contribution in [0.1, 0.15) is 13.8 Å². The van der Waals surface area contributed by atoms with Crippen molar-refractivity contribution in [3.63, 3.8) is 0 Å². The van der Waals surface area contributed by atoms with Gasteiger partial charge in [-0.1, -0.05) is 0 Å². The molecule has 0 aromatic heterocycles. The van der Waals surface area contributed by atoms with Gasteiger partial charge in [-0.05, 0) is 13.8 Å². The van der Waals surface area contributed by atoms with Crippen LogP contribution >= 0.6 is 0 Å². The normalized spacial score (nSPS) is 29.3. The van der Waals surface area contributed by atoms with Crippen molar-refractivity contribution in [2.45, 2.75) is 31.8 Å². The number of ether oxygens (including phenoxy) is 3. The topological polar surface area (TPSA) is 91.0 Å². The van der Waals surface area contributed by atoms with Gasteiger partial charge in [-0.15, -0.1) is 0 Å². The molecule has 0 saturated carbocycles. The molecule has 0 bridgehead atoms. The molecule has 1 heterocycles. The van der Waals surface area contributed by atoms with Crippen LogP contribution in [0.15, 0.2) is 0 Å². The van der Waals surface area contributed by atoms with Crippen molar-refractivity contribution in [3.05, 3.63) is 0 Å². The molecule has 0 aromatic rings. The van der Waals surface area contributed by atoms with Gasteiger partial charge in [-0.3, -0.25) is 0 Å². The molecule has 0 aromatic carbocycles. The van der Waals surface area contributed by atoms with Crippen molar-refractivity contribution >= 4 is 5.97 Å². The zero-order valence-corrected chi connectivity index (χ0v) is 8.93. The van der Waals surface area contributed by atoms with Gasteiger partial charge in [0.2, 0.25) is 0 Å². The summed E-state index contributed by atoms with van der Waals surface area (Å²) in [4.78, 5) is 10.2. The Morgan fingerprint density at radius 2 is 2.07 bits per heavy atom. The van der Waals surface area contributed by atoms with Crippen LogP contribution in [0.2, 0.25) is 0 Å². The van der Waals surface area contributed by atoms with E-state index in [2.05, 4.69) is 0 Å². The van der Waals surface area contributed by atoms with E-state index in [0.717, 1.165) is 0 Å². The second kappa shape index (κ2) is 4.89. The summed E-state index contributed by atoms with van der Waals surface area (Å²) in [5, 5.41) is 8.39. The minimum absolute atomic E-state index is 0.178. The summed E-state index contributed by atoms with van der Waals surface area (Å²) in [5.41, 5.74) is 5.50. The predicted molar refractivity (Wildman–Crippen MR) is 51.3 cm³/mol. The average Bonchev–Trinajstić information content (AvgIpc) is 2.40. The fourth-order valence-electron chi connectivity index (χ4n) is 1.51. The maximum atomic E-state index is 10.2. The van der Waals surface area contributed by atoms with Crippen LogP contribution in [0.25, 0.3) is 0 Å². The van der Waals surface area contributed by atoms with E-state index in [1.807, 2.05) is 0 Å². The standard InChI is InChI=1S/C9H17NO5/c1-9(2)14-6(3-10)7(15-9)4-13-5-8(11)12/h6-7H,3-5,10H2,1-2H3,(H,11,12)/t6-,7-/m1/s1. The smallest absolute Gasteiger partial charge is 0.329 e. The van der Waals surface area contributed by atoms with Gasteiger partial charge < -0.3 is 25.1 Å². The molecular weight excluding hydrogens is 202 g/mol. The zero-order valence-electron chi connectivity index (χ0n) is 8.93. The highest BCUT2D eigenvalue weighted by molar-refractivity contribution is 5.67. The number of carbonyl (C=O) groups is 1. The van der Waals surface area contributed by atoms with E-state index < -0.39 is 11.8 Å². The second-order valence-corrected chi connectivity index (χ2v) is 3.86. The van der Waals surface area contributed by atoms with Gasteiger partial charge in [0.1, 0.15) is 18.8 Å². The molecule has 88 valence electrons. The number of rotatable bonds is 5. The number of hydrogen-bond acceptors (Lipinski definition) is 5. The summed E-state index contributed by atoms with van der Waals surface area (Å²) >= 11 is 0. The molecular formula is C9H17NO5. The maximum absolute atomic E-state index is 10.2. The van der Waals surface area contributed by atoms with Crippen molar-refractivity contribution in [3.8, 4) is 0 Å². The number of carboxylic acid groups (broad SMARTS) is 1. The lowest BCUT2D eigenvalue weighted by Gasteiger charge is -2.16. The predicted octanol–water partition coefficient (Wildman–Crippen LogP) is -0.434. The average molecular weight is 219 g/mol. The number of nitrogens with two attached hydrogens (primary N) is 1. The molecule has 1 aliphatic rings. The second-order valence-electron chi connectivity index (χ2n) is 3.86. The highest BCUT2D eigenvalue weighted by Crippen LogP contribution is 2.27. The minimum atomic E-state index is -1.00. The molecule has 1 aliphatic heterocycles. The van der Waals surface area contributed by atoms with Crippen LogP contribution < -0.4 is 5.73 Å². The molecule has 0 amide bonds. The summed E-state index contributed by atoms with van der Waals surface area (Å²) in [6, 6.07) is 0. The Balaban J connectivity index is 2.37. The third-order valence-corrected chi connectivity index (χ3v) is 2.03. The first-order valence-electron chi connectivity index (χ1n) is 4.80. The number of aliphatic carboxylic acids is 1. The van der Waals surface area contributed by atoms with Crippen molar-refractivity contribution in [1.29, 1.82) is 0 Å². The molecule has 6 heteroatoms. The van der Waals surface area contributed by atoms with Gasteiger partial charge in [0.25, 0.3) is 0 Å². The van der Waals surface area contributed by atoms with Crippen LogP contribution in [0.4, 0.5) is 0 Å². The molecule has 15 heavy (non-hydrogen) atoms. The molecule has 6 nitrogen and oxygen atoms in total. The third kappa shape index (κ3) is 3.75. The summed E-state index contributed by atoms with van der Waals surface area (Å²) in [5.74, 6) is -1.68. The molecule has 0 aliphatic carbocycles. The summed E-state index contributed by atoms with van der Waals surface area (Å²) in [6.07, 6.45) is -0.543. The molecule has 1 saturated heterocycles. The van der Waals surface area contributed by atoms with Gasteiger partial charge in [-0.25, -0.2) is 4.79 Å². The van der Waals surface area contributed by atoms with E-state index >= 15 is 0 Å². The van der Waals surface area contributed by atoms with Crippen molar-refractivity contribution < 1.29 is 24.1 Å². The van der Waals surface area contributed by atoms with Crippen LogP contribution in [0.3, 0.4) is 0 Å². The highest BCUT2D eigenvalue weighted by Gasteiger charge is 2.40. The SMILES string of the molecule is CC1(C)O[C@H](CN)[C@@H](COCC(=O)O)O1. The first-order valence-corrected chi connectivity index (χ1v) is 4.80. The van der Waals surface area contributed by atoms with E-state index in [1.54, 1.807) is 13.8 Å². The molecule has 2 atom stereocenters. The van der Waals surface area contributed by atoms with Crippen molar-refractivity contribution in [1.82, 2.24) is 0 Å². The van der Waals surface area contributed by atoms with Crippen molar-refractivity contribution in [2.24, 2.45) is 5.73 Å². The Morgan fingerprint density at radius 1 is 1.47 bits per heavy atom. The molecule has 3 N–H and O–H groups in total. The van der Waals surface area contributed by atoms with E-state index in [0.29, 0.717) is 6.54 Å². The molecule has 0 unspecified atom stereocenters. The van der Waals surface area contributed by atoms with Crippen LogP contribution in [0, 0.1) is 0 Å². The van der Waals surface area contributed by atoms with E-state index in [9.17, 15) is 4.79 Å². The van der Waals surface area contributed by atoms with Crippen molar-refractivity contribution in [2.75, 3.05) is 19.8 Å².